The lowest BCUT2D eigenvalue weighted by Crippen LogP contribution is -2.25. The van der Waals surface area contributed by atoms with Crippen molar-refractivity contribution in [2.24, 2.45) is 5.92 Å². The Morgan fingerprint density at radius 1 is 0.963 bits per heavy atom. The molecule has 0 fully saturated rings. The van der Waals surface area contributed by atoms with Gasteiger partial charge in [-0.25, -0.2) is 0 Å². The quantitative estimate of drug-likeness (QED) is 0.763. The van der Waals surface area contributed by atoms with Gasteiger partial charge in [0.25, 0.3) is 11.8 Å². The lowest BCUT2D eigenvalue weighted by Gasteiger charge is -2.10. The number of amides is 2. The van der Waals surface area contributed by atoms with E-state index in [1.165, 1.54) is 36.4 Å². The summed E-state index contributed by atoms with van der Waals surface area (Å²) in [5.74, 6) is -0.311. The lowest BCUT2D eigenvalue weighted by molar-refractivity contribution is -0.137. The van der Waals surface area contributed by atoms with Gasteiger partial charge in [0.1, 0.15) is 0 Å². The summed E-state index contributed by atoms with van der Waals surface area (Å²) < 4.78 is 38.2. The molecule has 2 N–H and O–H groups in total. The number of carbonyl (C=O) groups is 2. The highest BCUT2D eigenvalue weighted by molar-refractivity contribution is 6.05. The Hall–Kier alpha value is -2.83. The van der Waals surface area contributed by atoms with Gasteiger partial charge < -0.3 is 10.6 Å². The fraction of sp³-hybridized carbons (Fsp3) is 0.300. The molecule has 0 unspecified atom stereocenters. The molecule has 2 aromatic rings. The average molecular weight is 378 g/mol. The van der Waals surface area contributed by atoms with Crippen LogP contribution < -0.4 is 10.6 Å². The largest absolute Gasteiger partial charge is 0.416 e. The SMILES string of the molecule is CC(C)CCNC(=O)c1ccc(C(=O)Nc2cccc(C(F)(F)F)c2)cc1. The van der Waals surface area contributed by atoms with Gasteiger partial charge in [-0.05, 0) is 54.8 Å². The Morgan fingerprint density at radius 3 is 2.11 bits per heavy atom. The first-order valence-corrected chi connectivity index (χ1v) is 8.53. The van der Waals surface area contributed by atoms with Crippen molar-refractivity contribution in [1.29, 1.82) is 0 Å². The van der Waals surface area contributed by atoms with E-state index in [2.05, 4.69) is 24.5 Å². The average Bonchev–Trinajstić information content (AvgIpc) is 2.61. The van der Waals surface area contributed by atoms with E-state index < -0.39 is 17.6 Å². The number of hydrogen-bond acceptors (Lipinski definition) is 2. The fourth-order valence-electron chi connectivity index (χ4n) is 2.33. The molecular weight excluding hydrogens is 357 g/mol. The standard InChI is InChI=1S/C20H21F3N2O2/c1-13(2)10-11-24-18(26)14-6-8-15(9-7-14)19(27)25-17-5-3-4-16(12-17)20(21,22)23/h3-9,12-13H,10-11H2,1-2H3,(H,24,26)(H,25,27). The van der Waals surface area contributed by atoms with Gasteiger partial charge in [-0.2, -0.15) is 13.2 Å². The molecule has 27 heavy (non-hydrogen) atoms. The number of nitrogens with one attached hydrogen (secondary N) is 2. The minimum atomic E-state index is -4.48. The highest BCUT2D eigenvalue weighted by atomic mass is 19.4. The van der Waals surface area contributed by atoms with Crippen LogP contribution in [0.3, 0.4) is 0 Å². The summed E-state index contributed by atoms with van der Waals surface area (Å²) in [4.78, 5) is 24.2. The number of hydrogen-bond donors (Lipinski definition) is 2. The molecule has 0 atom stereocenters. The van der Waals surface area contributed by atoms with Gasteiger partial charge in [0.15, 0.2) is 0 Å². The maximum Gasteiger partial charge on any atom is 0.416 e. The Balaban J connectivity index is 2.00. The number of rotatable bonds is 6. The van der Waals surface area contributed by atoms with Crippen molar-refractivity contribution in [3.05, 3.63) is 65.2 Å². The molecule has 2 amide bonds. The highest BCUT2D eigenvalue weighted by Crippen LogP contribution is 2.30. The Labute approximate surface area is 155 Å². The highest BCUT2D eigenvalue weighted by Gasteiger charge is 2.30. The summed E-state index contributed by atoms with van der Waals surface area (Å²) in [7, 11) is 0. The van der Waals surface area contributed by atoms with Gasteiger partial charge in [0, 0.05) is 23.4 Å². The number of anilines is 1. The summed E-state index contributed by atoms with van der Waals surface area (Å²) in [6.07, 6.45) is -3.62. The molecule has 0 saturated carbocycles. The maximum atomic E-state index is 12.7. The zero-order valence-electron chi connectivity index (χ0n) is 15.1. The van der Waals surface area contributed by atoms with Gasteiger partial charge in [0.05, 0.1) is 5.56 Å². The third-order valence-corrected chi connectivity index (χ3v) is 3.86. The van der Waals surface area contributed by atoms with Crippen molar-refractivity contribution in [3.8, 4) is 0 Å². The van der Waals surface area contributed by atoms with Crippen LogP contribution in [0.4, 0.5) is 18.9 Å². The van der Waals surface area contributed by atoms with Crippen LogP contribution in [0.5, 0.6) is 0 Å². The minimum Gasteiger partial charge on any atom is -0.352 e. The van der Waals surface area contributed by atoms with Crippen LogP contribution in [-0.2, 0) is 6.18 Å². The van der Waals surface area contributed by atoms with Crippen LogP contribution in [0.1, 0.15) is 46.5 Å². The molecule has 0 aliphatic carbocycles. The van der Waals surface area contributed by atoms with Crippen LogP contribution in [0.2, 0.25) is 0 Å². The molecule has 2 rings (SSSR count). The Morgan fingerprint density at radius 2 is 1.56 bits per heavy atom. The molecule has 0 heterocycles. The van der Waals surface area contributed by atoms with E-state index in [1.807, 2.05) is 0 Å². The van der Waals surface area contributed by atoms with E-state index in [-0.39, 0.29) is 17.2 Å². The van der Waals surface area contributed by atoms with Crippen molar-refractivity contribution in [2.75, 3.05) is 11.9 Å². The molecule has 0 saturated heterocycles. The second kappa shape index (κ2) is 8.70. The van der Waals surface area contributed by atoms with Crippen molar-refractivity contribution >= 4 is 17.5 Å². The first kappa shape index (κ1) is 20.5. The number of halogens is 3. The summed E-state index contributed by atoms with van der Waals surface area (Å²) in [6.45, 7) is 4.68. The second-order valence-corrected chi connectivity index (χ2v) is 6.55. The van der Waals surface area contributed by atoms with Gasteiger partial charge in [-0.1, -0.05) is 19.9 Å². The minimum absolute atomic E-state index is 0.0466. The molecule has 0 spiro atoms. The molecule has 7 heteroatoms. The van der Waals surface area contributed by atoms with Crippen molar-refractivity contribution in [1.82, 2.24) is 5.32 Å². The van der Waals surface area contributed by atoms with Crippen molar-refractivity contribution < 1.29 is 22.8 Å². The smallest absolute Gasteiger partial charge is 0.352 e. The molecule has 4 nitrogen and oxygen atoms in total. The van der Waals surface area contributed by atoms with Gasteiger partial charge in [-0.3, -0.25) is 9.59 Å². The van der Waals surface area contributed by atoms with Gasteiger partial charge in [-0.15, -0.1) is 0 Å². The predicted molar refractivity (Wildman–Crippen MR) is 97.6 cm³/mol. The Bertz CT molecular complexity index is 800. The third kappa shape index (κ3) is 6.13. The molecule has 0 aliphatic heterocycles. The van der Waals surface area contributed by atoms with Crippen LogP contribution in [-0.4, -0.2) is 18.4 Å². The lowest BCUT2D eigenvalue weighted by atomic mass is 10.1. The van der Waals surface area contributed by atoms with E-state index in [9.17, 15) is 22.8 Å². The first-order valence-electron chi connectivity index (χ1n) is 8.53. The molecule has 0 bridgehead atoms. The second-order valence-electron chi connectivity index (χ2n) is 6.55. The Kier molecular flexibility index (Phi) is 6.60. The first-order chi connectivity index (χ1) is 12.7. The fourth-order valence-corrected chi connectivity index (χ4v) is 2.33. The summed E-state index contributed by atoms with van der Waals surface area (Å²) >= 11 is 0. The molecule has 2 aromatic carbocycles. The normalized spacial score (nSPS) is 11.3. The van der Waals surface area contributed by atoms with E-state index in [1.54, 1.807) is 0 Å². The van der Waals surface area contributed by atoms with E-state index in [4.69, 9.17) is 0 Å². The predicted octanol–water partition coefficient (Wildman–Crippen LogP) is 4.73. The maximum absolute atomic E-state index is 12.7. The zero-order valence-corrected chi connectivity index (χ0v) is 15.1. The number of benzene rings is 2. The van der Waals surface area contributed by atoms with Gasteiger partial charge >= 0.3 is 6.18 Å². The van der Waals surface area contributed by atoms with E-state index in [0.717, 1.165) is 18.6 Å². The van der Waals surface area contributed by atoms with Crippen LogP contribution >= 0.6 is 0 Å². The molecule has 0 aliphatic rings. The summed E-state index contributed by atoms with van der Waals surface area (Å²) in [5, 5.41) is 5.22. The van der Waals surface area contributed by atoms with E-state index in [0.29, 0.717) is 18.0 Å². The third-order valence-electron chi connectivity index (χ3n) is 3.86. The summed E-state index contributed by atoms with van der Waals surface area (Å²) in [5.41, 5.74) is -0.139. The topological polar surface area (TPSA) is 58.2 Å². The molecule has 0 aromatic heterocycles. The monoisotopic (exact) mass is 378 g/mol. The molecule has 0 radical (unpaired) electrons. The van der Waals surface area contributed by atoms with E-state index >= 15 is 0 Å². The zero-order chi connectivity index (χ0) is 20.0. The number of carbonyl (C=O) groups excluding carboxylic acids is 2. The molecular formula is C20H21F3N2O2. The van der Waals surface area contributed by atoms with Crippen LogP contribution in [0.15, 0.2) is 48.5 Å². The number of alkyl halides is 3. The van der Waals surface area contributed by atoms with Crippen molar-refractivity contribution in [3.63, 3.8) is 0 Å². The molecule has 144 valence electrons. The van der Waals surface area contributed by atoms with Crippen molar-refractivity contribution in [2.45, 2.75) is 26.4 Å². The van der Waals surface area contributed by atoms with Gasteiger partial charge in [0.2, 0.25) is 0 Å². The van der Waals surface area contributed by atoms with Crippen LogP contribution in [0.25, 0.3) is 0 Å². The van der Waals surface area contributed by atoms with Crippen LogP contribution in [0, 0.1) is 5.92 Å². The summed E-state index contributed by atoms with van der Waals surface area (Å²) in [6, 6.07) is 10.3.